The quantitative estimate of drug-likeness (QED) is 0.653. The van der Waals surface area contributed by atoms with Gasteiger partial charge < -0.3 is 10.2 Å². The highest BCUT2D eigenvalue weighted by Crippen LogP contribution is 2.21. The summed E-state index contributed by atoms with van der Waals surface area (Å²) >= 11 is 6.13. The Morgan fingerprint density at radius 2 is 1.59 bits per heavy atom. The summed E-state index contributed by atoms with van der Waals surface area (Å²) < 4.78 is 0. The highest BCUT2D eigenvalue weighted by Gasteiger charge is 2.22. The first kappa shape index (κ1) is 20.5. The summed E-state index contributed by atoms with van der Waals surface area (Å²) in [5.74, 6) is -0.413. The van der Waals surface area contributed by atoms with E-state index in [0.29, 0.717) is 23.7 Å². The lowest BCUT2D eigenvalue weighted by atomic mass is 10.0. The van der Waals surface area contributed by atoms with Crippen molar-refractivity contribution in [2.75, 3.05) is 13.1 Å². The molecule has 0 aliphatic heterocycles. The highest BCUT2D eigenvalue weighted by atomic mass is 35.5. The van der Waals surface area contributed by atoms with Crippen molar-refractivity contribution in [2.24, 2.45) is 0 Å². The van der Waals surface area contributed by atoms with Gasteiger partial charge in [-0.05, 0) is 17.7 Å². The zero-order chi connectivity index (χ0) is 19.6. The van der Waals surface area contributed by atoms with E-state index in [4.69, 9.17) is 11.6 Å². The molecule has 140 valence electrons. The van der Waals surface area contributed by atoms with E-state index >= 15 is 0 Å². The number of carbonyl (C=O) groups excluding carboxylic acids is 2. The van der Waals surface area contributed by atoms with Crippen molar-refractivity contribution in [1.82, 2.24) is 10.2 Å². The van der Waals surface area contributed by atoms with Gasteiger partial charge in [-0.1, -0.05) is 66.2 Å². The fraction of sp³-hybridized carbons (Fsp3) is 0.182. The van der Waals surface area contributed by atoms with Gasteiger partial charge in [0.25, 0.3) is 5.91 Å². The molecule has 4 nitrogen and oxygen atoms in total. The van der Waals surface area contributed by atoms with Crippen LogP contribution < -0.4 is 5.32 Å². The van der Waals surface area contributed by atoms with Gasteiger partial charge >= 0.3 is 0 Å². The van der Waals surface area contributed by atoms with Crippen LogP contribution in [0.3, 0.4) is 0 Å². The van der Waals surface area contributed by atoms with Crippen molar-refractivity contribution in [1.29, 1.82) is 0 Å². The second-order valence-corrected chi connectivity index (χ2v) is 6.40. The van der Waals surface area contributed by atoms with Gasteiger partial charge in [-0.3, -0.25) is 9.59 Å². The minimum absolute atomic E-state index is 0.0943. The molecule has 2 amide bonds. The van der Waals surface area contributed by atoms with Gasteiger partial charge in [0.15, 0.2) is 0 Å². The van der Waals surface area contributed by atoms with Gasteiger partial charge in [0.2, 0.25) is 5.91 Å². The van der Waals surface area contributed by atoms with Crippen LogP contribution in [0.15, 0.2) is 79.9 Å². The Kier molecular flexibility index (Phi) is 7.83. The molecule has 0 heterocycles. The predicted octanol–water partition coefficient (Wildman–Crippen LogP) is 4.40. The molecule has 27 heavy (non-hydrogen) atoms. The van der Waals surface area contributed by atoms with Crippen LogP contribution in [0.1, 0.15) is 28.4 Å². The molecule has 1 atom stereocenters. The summed E-state index contributed by atoms with van der Waals surface area (Å²) in [6, 6.07) is 15.8. The zero-order valence-electron chi connectivity index (χ0n) is 15.1. The predicted molar refractivity (Wildman–Crippen MR) is 110 cm³/mol. The molecule has 0 saturated carbocycles. The first-order chi connectivity index (χ1) is 13.1. The van der Waals surface area contributed by atoms with Crippen molar-refractivity contribution < 1.29 is 9.59 Å². The van der Waals surface area contributed by atoms with Crippen LogP contribution >= 0.6 is 11.6 Å². The van der Waals surface area contributed by atoms with E-state index in [9.17, 15) is 9.59 Å². The molecule has 2 aromatic carbocycles. The fourth-order valence-corrected chi connectivity index (χ4v) is 2.93. The number of nitrogens with zero attached hydrogens (tertiary/aromatic N) is 1. The monoisotopic (exact) mass is 382 g/mol. The van der Waals surface area contributed by atoms with Crippen molar-refractivity contribution in [3.05, 3.63) is 96.1 Å². The van der Waals surface area contributed by atoms with E-state index in [1.165, 1.54) is 0 Å². The third-order valence-corrected chi connectivity index (χ3v) is 4.39. The number of rotatable bonds is 9. The maximum Gasteiger partial charge on any atom is 0.253 e. The van der Waals surface area contributed by atoms with Gasteiger partial charge in [0.1, 0.15) is 0 Å². The molecular weight excluding hydrogens is 360 g/mol. The summed E-state index contributed by atoms with van der Waals surface area (Å²) in [7, 11) is 0. The second kappa shape index (κ2) is 10.3. The molecule has 0 fully saturated rings. The number of carbonyl (C=O) groups is 2. The zero-order valence-corrected chi connectivity index (χ0v) is 15.9. The van der Waals surface area contributed by atoms with Gasteiger partial charge in [-0.15, -0.1) is 13.2 Å². The van der Waals surface area contributed by atoms with E-state index < -0.39 is 6.04 Å². The molecule has 0 aliphatic rings. The van der Waals surface area contributed by atoms with Crippen LogP contribution in [0, 0.1) is 0 Å². The summed E-state index contributed by atoms with van der Waals surface area (Å²) in [6.45, 7) is 8.22. The smallest absolute Gasteiger partial charge is 0.253 e. The van der Waals surface area contributed by atoms with Gasteiger partial charge in [-0.2, -0.15) is 0 Å². The van der Waals surface area contributed by atoms with Crippen molar-refractivity contribution in [2.45, 2.75) is 12.5 Å². The number of halogens is 1. The maximum atomic E-state index is 12.7. The van der Waals surface area contributed by atoms with E-state index in [1.54, 1.807) is 41.3 Å². The highest BCUT2D eigenvalue weighted by molar-refractivity contribution is 6.33. The van der Waals surface area contributed by atoms with Crippen LogP contribution in [0.25, 0.3) is 0 Å². The van der Waals surface area contributed by atoms with E-state index in [2.05, 4.69) is 18.5 Å². The van der Waals surface area contributed by atoms with Gasteiger partial charge in [0.05, 0.1) is 23.0 Å². The molecule has 0 saturated heterocycles. The lowest BCUT2D eigenvalue weighted by Gasteiger charge is -2.24. The Bertz CT molecular complexity index is 795. The summed E-state index contributed by atoms with van der Waals surface area (Å²) in [5, 5.41) is 3.31. The van der Waals surface area contributed by atoms with E-state index in [0.717, 1.165) is 5.56 Å². The van der Waals surface area contributed by atoms with Crippen molar-refractivity contribution in [3.8, 4) is 0 Å². The molecule has 0 aromatic heterocycles. The largest absolute Gasteiger partial charge is 0.345 e. The molecule has 1 unspecified atom stereocenters. The molecule has 1 N–H and O–H groups in total. The Labute approximate surface area is 165 Å². The van der Waals surface area contributed by atoms with Crippen LogP contribution in [0.5, 0.6) is 0 Å². The first-order valence-electron chi connectivity index (χ1n) is 8.66. The molecule has 0 bridgehead atoms. The number of hydrogen-bond acceptors (Lipinski definition) is 2. The van der Waals surface area contributed by atoms with Crippen LogP contribution in [-0.4, -0.2) is 29.8 Å². The summed E-state index contributed by atoms with van der Waals surface area (Å²) in [4.78, 5) is 27.1. The van der Waals surface area contributed by atoms with Crippen LogP contribution in [-0.2, 0) is 4.79 Å². The Morgan fingerprint density at radius 1 is 1.00 bits per heavy atom. The first-order valence-corrected chi connectivity index (χ1v) is 9.04. The standard InChI is InChI=1S/C22H23ClN2O2/c1-3-14-25(15-4-2)21(26)16-20(17-10-6-5-7-11-17)24-22(27)18-12-8-9-13-19(18)23/h3-13,20H,1-2,14-16H2,(H,24,27). The van der Waals surface area contributed by atoms with Crippen LogP contribution in [0.2, 0.25) is 5.02 Å². The van der Waals surface area contributed by atoms with Gasteiger partial charge in [0, 0.05) is 13.1 Å². The molecule has 0 spiro atoms. The molecular formula is C22H23ClN2O2. The number of nitrogens with one attached hydrogen (secondary N) is 1. The maximum absolute atomic E-state index is 12.7. The third-order valence-electron chi connectivity index (χ3n) is 4.06. The second-order valence-electron chi connectivity index (χ2n) is 6.00. The lowest BCUT2D eigenvalue weighted by molar-refractivity contribution is -0.130. The topological polar surface area (TPSA) is 49.4 Å². The average Bonchev–Trinajstić information content (AvgIpc) is 2.68. The molecule has 2 aromatic rings. The molecule has 0 aliphatic carbocycles. The number of benzene rings is 2. The molecule has 5 heteroatoms. The minimum Gasteiger partial charge on any atom is -0.345 e. The third kappa shape index (κ3) is 5.83. The fourth-order valence-electron chi connectivity index (χ4n) is 2.71. The van der Waals surface area contributed by atoms with Crippen LogP contribution in [0.4, 0.5) is 0 Å². The average molecular weight is 383 g/mol. The van der Waals surface area contributed by atoms with E-state index in [1.807, 2.05) is 30.3 Å². The minimum atomic E-state index is -0.473. The Balaban J connectivity index is 2.23. The van der Waals surface area contributed by atoms with Gasteiger partial charge in [-0.25, -0.2) is 0 Å². The number of hydrogen-bond donors (Lipinski definition) is 1. The summed E-state index contributed by atoms with van der Waals surface area (Å²) in [6.07, 6.45) is 3.46. The Morgan fingerprint density at radius 3 is 2.19 bits per heavy atom. The SMILES string of the molecule is C=CCN(CC=C)C(=O)CC(NC(=O)c1ccccc1Cl)c1ccccc1. The van der Waals surface area contributed by atoms with E-state index in [-0.39, 0.29) is 18.2 Å². The van der Waals surface area contributed by atoms with Crippen molar-refractivity contribution >= 4 is 23.4 Å². The molecule has 2 rings (SSSR count). The number of amides is 2. The van der Waals surface area contributed by atoms with Crippen molar-refractivity contribution in [3.63, 3.8) is 0 Å². The summed E-state index contributed by atoms with van der Waals surface area (Å²) in [5.41, 5.74) is 1.23. The molecule has 0 radical (unpaired) electrons. The Hall–Kier alpha value is -2.85. The lowest BCUT2D eigenvalue weighted by Crippen LogP contribution is -2.36. The normalized spacial score (nSPS) is 11.3.